The Bertz CT molecular complexity index is 543. The van der Waals surface area contributed by atoms with Crippen LogP contribution in [-0.4, -0.2) is 23.0 Å². The molecule has 0 saturated carbocycles. The number of esters is 1. The van der Waals surface area contributed by atoms with Gasteiger partial charge in [-0.15, -0.1) is 11.8 Å². The highest BCUT2D eigenvalue weighted by Crippen LogP contribution is 2.32. The van der Waals surface area contributed by atoms with E-state index >= 15 is 0 Å². The molecule has 0 N–H and O–H groups in total. The molecule has 0 heterocycles. The Labute approximate surface area is 147 Å². The van der Waals surface area contributed by atoms with Gasteiger partial charge in [0, 0.05) is 10.8 Å². The molecule has 0 fully saturated rings. The number of hydrogen-bond acceptors (Lipinski definition) is 4. The van der Waals surface area contributed by atoms with Crippen molar-refractivity contribution in [2.45, 2.75) is 26.7 Å². The Morgan fingerprint density at radius 2 is 2.05 bits per heavy atom. The molecule has 22 heavy (non-hydrogen) atoms. The fourth-order valence-corrected chi connectivity index (χ4v) is 3.44. The van der Waals surface area contributed by atoms with Gasteiger partial charge in [-0.25, -0.2) is 0 Å². The van der Waals surface area contributed by atoms with E-state index in [1.165, 1.54) is 7.11 Å². The van der Waals surface area contributed by atoms with Crippen molar-refractivity contribution in [3.8, 4) is 0 Å². The van der Waals surface area contributed by atoms with Gasteiger partial charge in [0.05, 0.1) is 16.7 Å². The third kappa shape index (κ3) is 5.75. The number of carbonyl (C=O) groups is 1. The van der Waals surface area contributed by atoms with Gasteiger partial charge in [0.15, 0.2) is 0 Å². The van der Waals surface area contributed by atoms with Crippen LogP contribution in [-0.2, 0) is 9.53 Å². The quantitative estimate of drug-likeness (QED) is 0.495. The van der Waals surface area contributed by atoms with Crippen LogP contribution < -0.4 is 0 Å². The molecule has 0 spiro atoms. The monoisotopic (exact) mass is 356 g/mol. The van der Waals surface area contributed by atoms with Gasteiger partial charge in [-0.1, -0.05) is 67.2 Å². The van der Waals surface area contributed by atoms with Gasteiger partial charge in [0.25, 0.3) is 0 Å². The van der Waals surface area contributed by atoms with E-state index < -0.39 is 5.41 Å². The van der Waals surface area contributed by atoms with E-state index in [2.05, 4.69) is 0 Å². The number of methoxy groups -OCH3 is 1. The van der Waals surface area contributed by atoms with Crippen LogP contribution in [0.5, 0.6) is 0 Å². The first kappa shape index (κ1) is 19.2. The fourth-order valence-electron chi connectivity index (χ4n) is 1.90. The summed E-state index contributed by atoms with van der Waals surface area (Å²) in [5.41, 5.74) is 0.465. The molecular formula is C17H21ClO2S2. The van der Waals surface area contributed by atoms with Crippen molar-refractivity contribution in [1.29, 1.82) is 0 Å². The first-order valence-electron chi connectivity index (χ1n) is 7.08. The second kappa shape index (κ2) is 9.33. The zero-order valence-corrected chi connectivity index (χ0v) is 15.5. The molecule has 5 heteroatoms. The number of allylic oxidation sites excluding steroid dienone is 1. The zero-order chi connectivity index (χ0) is 16.6. The first-order valence-corrected chi connectivity index (χ1v) is 8.85. The molecule has 0 aliphatic rings. The highest BCUT2D eigenvalue weighted by molar-refractivity contribution is 8.23. The summed E-state index contributed by atoms with van der Waals surface area (Å²) < 4.78 is 5.70. The highest BCUT2D eigenvalue weighted by Gasteiger charge is 2.32. The summed E-state index contributed by atoms with van der Waals surface area (Å²) in [6, 6.07) is 9.88. The maximum Gasteiger partial charge on any atom is 0.311 e. The van der Waals surface area contributed by atoms with Gasteiger partial charge in [0.1, 0.15) is 0 Å². The largest absolute Gasteiger partial charge is 0.469 e. The lowest BCUT2D eigenvalue weighted by molar-refractivity contribution is -0.151. The predicted molar refractivity (Wildman–Crippen MR) is 99.6 cm³/mol. The van der Waals surface area contributed by atoms with Crippen LogP contribution in [0, 0.1) is 5.41 Å². The molecule has 1 atom stereocenters. The van der Waals surface area contributed by atoms with Crippen LogP contribution in [0.2, 0.25) is 0 Å². The summed E-state index contributed by atoms with van der Waals surface area (Å²) in [4.78, 5) is 11.8. The molecular weight excluding hydrogens is 336 g/mol. The summed E-state index contributed by atoms with van der Waals surface area (Å²) in [6.07, 6.45) is 3.08. The second-order valence-corrected chi connectivity index (χ2v) is 7.38. The van der Waals surface area contributed by atoms with Gasteiger partial charge in [-0.2, -0.15) is 0 Å². The zero-order valence-electron chi connectivity index (χ0n) is 13.1. The Hall–Kier alpha value is -0.840. The van der Waals surface area contributed by atoms with Crippen LogP contribution in [0.4, 0.5) is 0 Å². The molecule has 1 unspecified atom stereocenters. The minimum Gasteiger partial charge on any atom is -0.469 e. The summed E-state index contributed by atoms with van der Waals surface area (Å²) in [6.45, 7) is 3.83. The number of benzene rings is 1. The number of rotatable bonds is 7. The number of ether oxygens (including phenoxy) is 1. The van der Waals surface area contributed by atoms with Gasteiger partial charge in [-0.05, 0) is 25.3 Å². The minimum atomic E-state index is -0.576. The Balaban J connectivity index is 2.56. The van der Waals surface area contributed by atoms with E-state index in [0.29, 0.717) is 23.6 Å². The van der Waals surface area contributed by atoms with E-state index in [1.54, 1.807) is 11.8 Å². The van der Waals surface area contributed by atoms with Crippen LogP contribution in [0.15, 0.2) is 41.4 Å². The molecule has 1 rings (SSSR count). The van der Waals surface area contributed by atoms with E-state index in [4.69, 9.17) is 28.6 Å². The van der Waals surface area contributed by atoms with Gasteiger partial charge >= 0.3 is 5.97 Å². The van der Waals surface area contributed by atoms with E-state index in [9.17, 15) is 4.79 Å². The predicted octanol–water partition coefficient (Wildman–Crippen LogP) is 5.20. The molecule has 0 bridgehead atoms. The lowest BCUT2D eigenvalue weighted by Gasteiger charge is -2.24. The lowest BCUT2D eigenvalue weighted by Crippen LogP contribution is -2.28. The number of hydrogen-bond donors (Lipinski definition) is 0. The molecule has 1 aromatic rings. The van der Waals surface area contributed by atoms with Crippen LogP contribution >= 0.6 is 35.6 Å². The highest BCUT2D eigenvalue weighted by atomic mass is 35.5. The van der Waals surface area contributed by atoms with Crippen molar-refractivity contribution in [1.82, 2.24) is 0 Å². The first-order chi connectivity index (χ1) is 10.4. The van der Waals surface area contributed by atoms with Crippen LogP contribution in [0.25, 0.3) is 0 Å². The van der Waals surface area contributed by atoms with Crippen LogP contribution in [0.1, 0.15) is 32.3 Å². The maximum absolute atomic E-state index is 11.8. The molecule has 0 aliphatic heterocycles. The Morgan fingerprint density at radius 1 is 1.41 bits per heavy atom. The summed E-state index contributed by atoms with van der Waals surface area (Å²) in [5.74, 6) is 0.460. The van der Waals surface area contributed by atoms with E-state index in [0.717, 1.165) is 9.76 Å². The number of carbonyl (C=O) groups excluding carboxylic acids is 1. The normalized spacial score (nSPS) is 14.3. The van der Waals surface area contributed by atoms with Crippen molar-refractivity contribution >= 4 is 45.7 Å². The molecule has 0 radical (unpaired) electrons. The SMILES string of the molecule is CCC(C)(CC(Cl)=CCSC(=S)c1ccccc1)C(=O)OC. The fraction of sp³-hybridized carbons (Fsp3) is 0.412. The topological polar surface area (TPSA) is 26.3 Å². The van der Waals surface area contributed by atoms with Crippen molar-refractivity contribution in [2.75, 3.05) is 12.9 Å². The summed E-state index contributed by atoms with van der Waals surface area (Å²) in [7, 11) is 1.40. The van der Waals surface area contributed by atoms with Crippen molar-refractivity contribution in [2.24, 2.45) is 5.41 Å². The average Bonchev–Trinajstić information content (AvgIpc) is 2.54. The molecule has 0 amide bonds. The van der Waals surface area contributed by atoms with E-state index in [-0.39, 0.29) is 5.97 Å². The smallest absolute Gasteiger partial charge is 0.311 e. The lowest BCUT2D eigenvalue weighted by atomic mass is 9.84. The minimum absolute atomic E-state index is 0.228. The Kier molecular flexibility index (Phi) is 8.15. The summed E-state index contributed by atoms with van der Waals surface area (Å²) >= 11 is 13.2. The van der Waals surface area contributed by atoms with Crippen molar-refractivity contribution in [3.05, 3.63) is 47.0 Å². The molecule has 0 aromatic heterocycles. The standard InChI is InChI=1S/C17H21ClO2S2/c1-4-17(2,16(19)20-3)12-14(18)10-11-22-15(21)13-8-6-5-7-9-13/h5-10H,4,11-12H2,1-3H3. The third-order valence-electron chi connectivity index (χ3n) is 3.55. The average molecular weight is 357 g/mol. The number of halogens is 1. The van der Waals surface area contributed by atoms with Gasteiger partial charge in [0.2, 0.25) is 0 Å². The molecule has 1 aromatic carbocycles. The Morgan fingerprint density at radius 3 is 2.59 bits per heavy atom. The third-order valence-corrected chi connectivity index (χ3v) is 5.25. The maximum atomic E-state index is 11.8. The molecule has 120 valence electrons. The molecule has 0 saturated heterocycles. The van der Waals surface area contributed by atoms with E-state index in [1.807, 2.05) is 50.3 Å². The number of thioether (sulfide) groups is 1. The second-order valence-electron chi connectivity index (χ2n) is 5.20. The van der Waals surface area contributed by atoms with Gasteiger partial charge < -0.3 is 4.74 Å². The summed E-state index contributed by atoms with van der Waals surface area (Å²) in [5, 5.41) is 0.665. The molecule has 2 nitrogen and oxygen atoms in total. The molecule has 0 aliphatic carbocycles. The number of thiocarbonyl (C=S) groups is 1. The van der Waals surface area contributed by atoms with Crippen molar-refractivity contribution < 1.29 is 9.53 Å². The van der Waals surface area contributed by atoms with Gasteiger partial charge in [-0.3, -0.25) is 4.79 Å². The van der Waals surface area contributed by atoms with Crippen LogP contribution in [0.3, 0.4) is 0 Å². The van der Waals surface area contributed by atoms with Crippen molar-refractivity contribution in [3.63, 3.8) is 0 Å².